The maximum Gasteiger partial charge on any atom is 0.163 e. The highest BCUT2D eigenvalue weighted by molar-refractivity contribution is 4.70. The van der Waals surface area contributed by atoms with Gasteiger partial charge in [-0.2, -0.15) is 0 Å². The van der Waals surface area contributed by atoms with Crippen LogP contribution in [0.4, 0.5) is 0 Å². The van der Waals surface area contributed by atoms with E-state index in [1.807, 2.05) is 27.7 Å². The molecule has 0 amide bonds. The molecule has 0 spiro atoms. The van der Waals surface area contributed by atoms with Gasteiger partial charge in [-0.3, -0.25) is 0 Å². The summed E-state index contributed by atoms with van der Waals surface area (Å²) in [6.45, 7) is 13.7. The predicted molar refractivity (Wildman–Crippen MR) is 79.6 cm³/mol. The first-order valence-corrected chi connectivity index (χ1v) is 7.91. The van der Waals surface area contributed by atoms with Gasteiger partial charge >= 0.3 is 0 Å². The van der Waals surface area contributed by atoms with Crippen molar-refractivity contribution in [1.29, 1.82) is 0 Å². The average Bonchev–Trinajstić information content (AvgIpc) is 2.84. The van der Waals surface area contributed by atoms with Gasteiger partial charge in [-0.1, -0.05) is 26.7 Å². The third kappa shape index (κ3) is 6.53. The molecular weight excluding hydrogens is 256 g/mol. The quantitative estimate of drug-likeness (QED) is 0.787. The van der Waals surface area contributed by atoms with Crippen LogP contribution in [0, 0.1) is 0 Å². The Bertz CT molecular complexity index is 248. The topological polar surface area (TPSA) is 36.9 Å². The first-order valence-electron chi connectivity index (χ1n) is 7.91. The van der Waals surface area contributed by atoms with E-state index in [1.165, 1.54) is 12.8 Å². The fraction of sp³-hybridized carbons (Fsp3) is 1.00. The maximum atomic E-state index is 5.57. The van der Waals surface area contributed by atoms with E-state index in [0.29, 0.717) is 12.2 Å². The molecule has 0 N–H and O–H groups in total. The summed E-state index contributed by atoms with van der Waals surface area (Å²) in [4.78, 5) is 0. The van der Waals surface area contributed by atoms with Crippen LogP contribution in [0.1, 0.15) is 67.2 Å². The molecule has 0 aromatic carbocycles. The van der Waals surface area contributed by atoms with E-state index in [-0.39, 0.29) is 11.6 Å². The molecule has 2 aliphatic rings. The van der Waals surface area contributed by atoms with Crippen molar-refractivity contribution in [2.24, 2.45) is 0 Å². The summed E-state index contributed by atoms with van der Waals surface area (Å²) in [5, 5.41) is 0. The molecular formula is C16H32O4. The fourth-order valence-corrected chi connectivity index (χ4v) is 2.45. The Morgan fingerprint density at radius 1 is 0.750 bits per heavy atom. The Kier molecular flexibility index (Phi) is 6.92. The van der Waals surface area contributed by atoms with Crippen LogP contribution in [-0.2, 0) is 18.9 Å². The van der Waals surface area contributed by atoms with Crippen molar-refractivity contribution < 1.29 is 18.9 Å². The summed E-state index contributed by atoms with van der Waals surface area (Å²) in [6, 6.07) is 0. The number of hydrogen-bond acceptors (Lipinski definition) is 4. The summed E-state index contributed by atoms with van der Waals surface area (Å²) in [7, 11) is 0. The van der Waals surface area contributed by atoms with E-state index < -0.39 is 0 Å². The molecule has 2 atom stereocenters. The average molecular weight is 288 g/mol. The highest BCUT2D eigenvalue weighted by Crippen LogP contribution is 2.25. The molecule has 0 aromatic heterocycles. The molecule has 2 aliphatic heterocycles. The van der Waals surface area contributed by atoms with Crippen molar-refractivity contribution in [3.8, 4) is 0 Å². The molecule has 2 fully saturated rings. The minimum atomic E-state index is -0.333. The van der Waals surface area contributed by atoms with Gasteiger partial charge in [-0.15, -0.1) is 0 Å². The lowest BCUT2D eigenvalue weighted by molar-refractivity contribution is -0.139. The van der Waals surface area contributed by atoms with Crippen LogP contribution in [0.3, 0.4) is 0 Å². The number of hydrogen-bond donors (Lipinski definition) is 0. The SMILES string of the molecule is CCC[C@H]1COC(C)(C)O1.CCC[C@H]1COC(C)(C)O1. The van der Waals surface area contributed by atoms with Gasteiger partial charge in [0.2, 0.25) is 0 Å². The van der Waals surface area contributed by atoms with Crippen LogP contribution in [0.25, 0.3) is 0 Å². The van der Waals surface area contributed by atoms with Crippen LogP contribution in [0.15, 0.2) is 0 Å². The van der Waals surface area contributed by atoms with Crippen molar-refractivity contribution in [2.45, 2.75) is 91.0 Å². The maximum absolute atomic E-state index is 5.57. The summed E-state index contributed by atoms with van der Waals surface area (Å²) in [6.07, 6.45) is 5.24. The van der Waals surface area contributed by atoms with E-state index >= 15 is 0 Å². The predicted octanol–water partition coefficient (Wildman–Crippen LogP) is 3.88. The Morgan fingerprint density at radius 2 is 1.10 bits per heavy atom. The van der Waals surface area contributed by atoms with Gasteiger partial charge in [0.1, 0.15) is 0 Å². The molecule has 0 aliphatic carbocycles. The zero-order valence-corrected chi connectivity index (χ0v) is 14.0. The van der Waals surface area contributed by atoms with E-state index in [9.17, 15) is 0 Å². The molecule has 2 saturated heterocycles. The minimum Gasteiger partial charge on any atom is -0.348 e. The first-order chi connectivity index (χ1) is 9.28. The van der Waals surface area contributed by atoms with E-state index in [4.69, 9.17) is 18.9 Å². The lowest BCUT2D eigenvalue weighted by atomic mass is 10.2. The molecule has 0 bridgehead atoms. The molecule has 0 saturated carbocycles. The van der Waals surface area contributed by atoms with Crippen molar-refractivity contribution in [3.63, 3.8) is 0 Å². The van der Waals surface area contributed by atoms with Gasteiger partial charge in [-0.05, 0) is 40.5 Å². The van der Waals surface area contributed by atoms with Gasteiger partial charge in [0.25, 0.3) is 0 Å². The molecule has 2 rings (SSSR count). The Balaban J connectivity index is 0.000000200. The normalized spacial score (nSPS) is 30.9. The Labute approximate surface area is 124 Å². The van der Waals surface area contributed by atoms with Gasteiger partial charge in [0.15, 0.2) is 11.6 Å². The largest absolute Gasteiger partial charge is 0.348 e. The summed E-state index contributed by atoms with van der Waals surface area (Å²) in [5.74, 6) is -0.667. The molecule has 0 aromatic rings. The van der Waals surface area contributed by atoms with E-state index in [0.717, 1.165) is 26.1 Å². The van der Waals surface area contributed by atoms with Crippen LogP contribution in [0.2, 0.25) is 0 Å². The van der Waals surface area contributed by atoms with Crippen molar-refractivity contribution in [3.05, 3.63) is 0 Å². The molecule has 20 heavy (non-hydrogen) atoms. The molecule has 0 radical (unpaired) electrons. The lowest BCUT2D eigenvalue weighted by Gasteiger charge is -2.16. The monoisotopic (exact) mass is 288 g/mol. The fourth-order valence-electron chi connectivity index (χ4n) is 2.45. The van der Waals surface area contributed by atoms with Gasteiger partial charge in [0.05, 0.1) is 25.4 Å². The summed E-state index contributed by atoms with van der Waals surface area (Å²) in [5.41, 5.74) is 0. The summed E-state index contributed by atoms with van der Waals surface area (Å²) >= 11 is 0. The van der Waals surface area contributed by atoms with Crippen molar-refractivity contribution in [2.75, 3.05) is 13.2 Å². The zero-order chi connectivity index (χ0) is 15.2. The van der Waals surface area contributed by atoms with Crippen molar-refractivity contribution in [1.82, 2.24) is 0 Å². The van der Waals surface area contributed by atoms with Gasteiger partial charge < -0.3 is 18.9 Å². The Hall–Kier alpha value is -0.160. The second-order valence-corrected chi connectivity index (χ2v) is 6.48. The minimum absolute atomic E-state index is 0.333. The number of rotatable bonds is 4. The molecule has 0 unspecified atom stereocenters. The van der Waals surface area contributed by atoms with E-state index in [2.05, 4.69) is 13.8 Å². The molecule has 120 valence electrons. The first kappa shape index (κ1) is 17.9. The van der Waals surface area contributed by atoms with Gasteiger partial charge in [0, 0.05) is 0 Å². The van der Waals surface area contributed by atoms with Crippen LogP contribution in [-0.4, -0.2) is 37.0 Å². The van der Waals surface area contributed by atoms with E-state index in [1.54, 1.807) is 0 Å². The smallest absolute Gasteiger partial charge is 0.163 e. The second-order valence-electron chi connectivity index (χ2n) is 6.48. The molecule has 4 heteroatoms. The zero-order valence-electron chi connectivity index (χ0n) is 14.0. The van der Waals surface area contributed by atoms with Crippen LogP contribution in [0.5, 0.6) is 0 Å². The highest BCUT2D eigenvalue weighted by atomic mass is 16.7. The van der Waals surface area contributed by atoms with Crippen LogP contribution < -0.4 is 0 Å². The second kappa shape index (κ2) is 7.74. The van der Waals surface area contributed by atoms with Crippen molar-refractivity contribution >= 4 is 0 Å². The van der Waals surface area contributed by atoms with Crippen LogP contribution >= 0.6 is 0 Å². The molecule has 4 nitrogen and oxygen atoms in total. The third-order valence-electron chi connectivity index (χ3n) is 3.36. The standard InChI is InChI=1S/2C8H16O2/c2*1-4-5-7-6-9-8(2,3)10-7/h2*7H,4-6H2,1-3H3/t2*7-/m00/s1. The Morgan fingerprint density at radius 3 is 1.30 bits per heavy atom. The van der Waals surface area contributed by atoms with Gasteiger partial charge in [-0.25, -0.2) is 0 Å². The number of ether oxygens (including phenoxy) is 4. The highest BCUT2D eigenvalue weighted by Gasteiger charge is 2.32. The molecule has 2 heterocycles. The summed E-state index contributed by atoms with van der Waals surface area (Å²) < 4.78 is 21.9. The third-order valence-corrected chi connectivity index (χ3v) is 3.36. The lowest BCUT2D eigenvalue weighted by Crippen LogP contribution is -2.21.